The van der Waals surface area contributed by atoms with Crippen LogP contribution in [0, 0.1) is 5.92 Å². The summed E-state index contributed by atoms with van der Waals surface area (Å²) in [5.74, 6) is 2.54. The molecule has 5 nitrogen and oxygen atoms in total. The number of aliphatic imine (C=N–C) groups is 1. The van der Waals surface area contributed by atoms with E-state index in [1.54, 1.807) is 7.11 Å². The predicted octanol–water partition coefficient (Wildman–Crippen LogP) is 3.02. The van der Waals surface area contributed by atoms with Gasteiger partial charge in [-0.05, 0) is 37.3 Å². The minimum absolute atomic E-state index is 0.594. The zero-order chi connectivity index (χ0) is 17.5. The van der Waals surface area contributed by atoms with Crippen molar-refractivity contribution in [2.24, 2.45) is 10.9 Å². The summed E-state index contributed by atoms with van der Waals surface area (Å²) >= 11 is 0. The Bertz CT molecular complexity index is 569. The van der Waals surface area contributed by atoms with Crippen molar-refractivity contribution in [3.05, 3.63) is 24.3 Å². The van der Waals surface area contributed by atoms with Gasteiger partial charge >= 0.3 is 0 Å². The molecule has 1 aromatic rings. The summed E-state index contributed by atoms with van der Waals surface area (Å²) in [7, 11) is 3.59. The van der Waals surface area contributed by atoms with Crippen LogP contribution in [0.3, 0.4) is 0 Å². The Morgan fingerprint density at radius 3 is 2.84 bits per heavy atom. The van der Waals surface area contributed by atoms with Gasteiger partial charge in [0.15, 0.2) is 5.96 Å². The van der Waals surface area contributed by atoms with Gasteiger partial charge in [0.25, 0.3) is 0 Å². The molecule has 0 spiro atoms. The normalized spacial score (nSPS) is 22.1. The lowest BCUT2D eigenvalue weighted by Crippen LogP contribution is -2.45. The van der Waals surface area contributed by atoms with Crippen molar-refractivity contribution in [2.45, 2.75) is 44.6 Å². The molecule has 1 aromatic carbocycles. The fourth-order valence-corrected chi connectivity index (χ4v) is 3.92. The van der Waals surface area contributed by atoms with Crippen molar-refractivity contribution >= 4 is 11.6 Å². The lowest BCUT2D eigenvalue weighted by Gasteiger charge is -2.25. The molecule has 1 aliphatic heterocycles. The maximum Gasteiger partial charge on any atom is 0.191 e. The molecule has 1 saturated carbocycles. The van der Waals surface area contributed by atoms with Gasteiger partial charge in [-0.15, -0.1) is 0 Å². The summed E-state index contributed by atoms with van der Waals surface area (Å²) in [5, 5.41) is 7.14. The number of nitrogens with zero attached hydrogens (tertiary/aromatic N) is 2. The first-order valence-electron chi connectivity index (χ1n) is 9.64. The number of benzene rings is 1. The predicted molar refractivity (Wildman–Crippen MR) is 105 cm³/mol. The van der Waals surface area contributed by atoms with E-state index in [-0.39, 0.29) is 0 Å². The Kier molecular flexibility index (Phi) is 6.42. The Labute approximate surface area is 151 Å². The van der Waals surface area contributed by atoms with Crippen LogP contribution >= 0.6 is 0 Å². The number of rotatable bonds is 5. The monoisotopic (exact) mass is 344 g/mol. The smallest absolute Gasteiger partial charge is 0.191 e. The quantitative estimate of drug-likeness (QED) is 0.637. The van der Waals surface area contributed by atoms with E-state index in [2.05, 4.69) is 38.7 Å². The largest absolute Gasteiger partial charge is 0.497 e. The average Bonchev–Trinajstić information content (AvgIpc) is 3.15. The molecular formula is C20H32N4O. The van der Waals surface area contributed by atoms with Crippen molar-refractivity contribution in [2.75, 3.05) is 38.7 Å². The second kappa shape index (κ2) is 8.97. The summed E-state index contributed by atoms with van der Waals surface area (Å²) in [6.07, 6.45) is 7.82. The number of nitrogens with one attached hydrogen (secondary N) is 2. The summed E-state index contributed by atoms with van der Waals surface area (Å²) in [4.78, 5) is 6.86. The van der Waals surface area contributed by atoms with E-state index in [0.717, 1.165) is 31.3 Å². The number of ether oxygens (including phenoxy) is 1. The molecule has 0 amide bonds. The number of hydrogen-bond acceptors (Lipinski definition) is 3. The molecule has 138 valence electrons. The van der Waals surface area contributed by atoms with Crippen molar-refractivity contribution in [3.8, 4) is 5.75 Å². The first kappa shape index (κ1) is 17.9. The van der Waals surface area contributed by atoms with Crippen LogP contribution in [0.2, 0.25) is 0 Å². The minimum atomic E-state index is 0.594. The maximum atomic E-state index is 5.34. The molecule has 1 atom stereocenters. The summed E-state index contributed by atoms with van der Waals surface area (Å²) in [6, 6.07) is 8.95. The molecule has 2 aliphatic rings. The minimum Gasteiger partial charge on any atom is -0.497 e. The van der Waals surface area contributed by atoms with Crippen LogP contribution in [-0.4, -0.2) is 45.8 Å². The first-order valence-corrected chi connectivity index (χ1v) is 9.64. The van der Waals surface area contributed by atoms with Gasteiger partial charge in [0.2, 0.25) is 0 Å². The van der Waals surface area contributed by atoms with Crippen LogP contribution in [-0.2, 0) is 0 Å². The van der Waals surface area contributed by atoms with Crippen molar-refractivity contribution < 1.29 is 4.74 Å². The Balaban J connectivity index is 1.45. The van der Waals surface area contributed by atoms with Crippen LogP contribution < -0.4 is 20.3 Å². The topological polar surface area (TPSA) is 48.9 Å². The Morgan fingerprint density at radius 1 is 1.24 bits per heavy atom. The molecule has 2 fully saturated rings. The zero-order valence-corrected chi connectivity index (χ0v) is 15.6. The SMILES string of the molecule is CN=C(NCC1CCN(c2cccc(OC)c2)C1)NC1CCCCC1. The highest BCUT2D eigenvalue weighted by atomic mass is 16.5. The van der Waals surface area contributed by atoms with Crippen LogP contribution in [0.25, 0.3) is 0 Å². The molecule has 0 radical (unpaired) electrons. The van der Waals surface area contributed by atoms with E-state index >= 15 is 0 Å². The van der Waals surface area contributed by atoms with Crippen LogP contribution in [0.15, 0.2) is 29.3 Å². The lowest BCUT2D eigenvalue weighted by atomic mass is 9.96. The van der Waals surface area contributed by atoms with Crippen LogP contribution in [0.4, 0.5) is 5.69 Å². The van der Waals surface area contributed by atoms with Crippen LogP contribution in [0.1, 0.15) is 38.5 Å². The first-order chi connectivity index (χ1) is 12.3. The molecule has 2 N–H and O–H groups in total. The van der Waals surface area contributed by atoms with E-state index in [1.807, 2.05) is 13.1 Å². The fourth-order valence-electron chi connectivity index (χ4n) is 3.92. The number of guanidine groups is 1. The number of methoxy groups -OCH3 is 1. The summed E-state index contributed by atoms with van der Waals surface area (Å²) in [5.41, 5.74) is 1.26. The van der Waals surface area contributed by atoms with Crippen molar-refractivity contribution in [3.63, 3.8) is 0 Å². The van der Waals surface area contributed by atoms with Gasteiger partial charge in [-0.1, -0.05) is 25.3 Å². The van der Waals surface area contributed by atoms with Gasteiger partial charge in [-0.25, -0.2) is 0 Å². The average molecular weight is 345 g/mol. The second-order valence-corrected chi connectivity index (χ2v) is 7.23. The molecule has 5 heteroatoms. The van der Waals surface area contributed by atoms with Gasteiger partial charge < -0.3 is 20.3 Å². The van der Waals surface area contributed by atoms with E-state index < -0.39 is 0 Å². The Hall–Kier alpha value is -1.91. The molecule has 1 saturated heterocycles. The third-order valence-corrected chi connectivity index (χ3v) is 5.43. The van der Waals surface area contributed by atoms with Gasteiger partial charge in [-0.3, -0.25) is 4.99 Å². The van der Waals surface area contributed by atoms with Crippen molar-refractivity contribution in [1.29, 1.82) is 0 Å². The molecular weight excluding hydrogens is 312 g/mol. The van der Waals surface area contributed by atoms with E-state index in [9.17, 15) is 0 Å². The number of hydrogen-bond donors (Lipinski definition) is 2. The molecule has 0 bridgehead atoms. The highest BCUT2D eigenvalue weighted by Crippen LogP contribution is 2.26. The van der Waals surface area contributed by atoms with Gasteiger partial charge in [-0.2, -0.15) is 0 Å². The van der Waals surface area contributed by atoms with Crippen LogP contribution in [0.5, 0.6) is 5.75 Å². The Morgan fingerprint density at radius 2 is 2.08 bits per heavy atom. The molecule has 1 aliphatic carbocycles. The van der Waals surface area contributed by atoms with Crippen molar-refractivity contribution in [1.82, 2.24) is 10.6 Å². The lowest BCUT2D eigenvalue weighted by molar-refractivity contribution is 0.408. The molecule has 1 heterocycles. The van der Waals surface area contributed by atoms with Gasteiger partial charge in [0, 0.05) is 44.5 Å². The van der Waals surface area contributed by atoms with Gasteiger partial charge in [0.1, 0.15) is 5.75 Å². The zero-order valence-electron chi connectivity index (χ0n) is 15.6. The molecule has 0 aromatic heterocycles. The standard InChI is InChI=1S/C20H32N4O/c1-21-20(23-17-7-4-3-5-8-17)22-14-16-11-12-24(15-16)18-9-6-10-19(13-18)25-2/h6,9-10,13,16-17H,3-5,7-8,11-12,14-15H2,1-2H3,(H2,21,22,23). The molecule has 3 rings (SSSR count). The van der Waals surface area contributed by atoms with E-state index in [1.165, 1.54) is 44.2 Å². The summed E-state index contributed by atoms with van der Waals surface area (Å²) < 4.78 is 5.34. The molecule has 25 heavy (non-hydrogen) atoms. The van der Waals surface area contributed by atoms with E-state index in [4.69, 9.17) is 4.74 Å². The highest BCUT2D eigenvalue weighted by molar-refractivity contribution is 5.80. The van der Waals surface area contributed by atoms with Gasteiger partial charge in [0.05, 0.1) is 7.11 Å². The molecule has 1 unspecified atom stereocenters. The fraction of sp³-hybridized carbons (Fsp3) is 0.650. The number of anilines is 1. The maximum absolute atomic E-state index is 5.34. The highest BCUT2D eigenvalue weighted by Gasteiger charge is 2.23. The van der Waals surface area contributed by atoms with E-state index in [0.29, 0.717) is 12.0 Å². The third kappa shape index (κ3) is 5.03. The second-order valence-electron chi connectivity index (χ2n) is 7.23. The third-order valence-electron chi connectivity index (χ3n) is 5.43. The summed E-state index contributed by atoms with van der Waals surface area (Å²) in [6.45, 7) is 3.17.